The first-order valence-electron chi connectivity index (χ1n) is 10.1. The lowest BCUT2D eigenvalue weighted by Crippen LogP contribution is -2.35. The lowest BCUT2D eigenvalue weighted by molar-refractivity contribution is -0.136. The van der Waals surface area contributed by atoms with Gasteiger partial charge in [0, 0.05) is 18.7 Å². The van der Waals surface area contributed by atoms with Gasteiger partial charge in [-0.15, -0.1) is 0 Å². The molecule has 142 valence electrons. The number of ether oxygens (including phenoxy) is 1. The van der Waals surface area contributed by atoms with Crippen molar-refractivity contribution in [2.24, 2.45) is 5.92 Å². The lowest BCUT2D eigenvalue weighted by atomic mass is 10.0. The second-order valence-corrected chi connectivity index (χ2v) is 7.79. The van der Waals surface area contributed by atoms with Crippen LogP contribution in [0.3, 0.4) is 0 Å². The third-order valence-electron chi connectivity index (χ3n) is 5.97. The molecule has 0 unspecified atom stereocenters. The number of amides is 1. The summed E-state index contributed by atoms with van der Waals surface area (Å²) in [7, 11) is 1.69. The summed E-state index contributed by atoms with van der Waals surface area (Å²) < 4.78 is 5.30. The van der Waals surface area contributed by atoms with E-state index in [0.29, 0.717) is 5.91 Å². The molecule has 1 aliphatic carbocycles. The van der Waals surface area contributed by atoms with E-state index in [-0.39, 0.29) is 12.0 Å². The molecule has 2 aromatic rings. The van der Waals surface area contributed by atoms with Crippen LogP contribution in [-0.4, -0.2) is 29.4 Å². The zero-order valence-corrected chi connectivity index (χ0v) is 16.1. The van der Waals surface area contributed by atoms with Crippen molar-refractivity contribution in [3.05, 3.63) is 59.4 Å². The predicted molar refractivity (Wildman–Crippen MR) is 106 cm³/mol. The number of aromatic nitrogens is 1. The Morgan fingerprint density at radius 2 is 1.96 bits per heavy atom. The quantitative estimate of drug-likeness (QED) is 0.782. The van der Waals surface area contributed by atoms with Crippen molar-refractivity contribution in [1.29, 1.82) is 0 Å². The predicted octanol–water partition coefficient (Wildman–Crippen LogP) is 4.53. The average molecular weight is 364 g/mol. The van der Waals surface area contributed by atoms with Gasteiger partial charge in [-0.25, -0.2) is 0 Å². The maximum Gasteiger partial charge on any atom is 0.226 e. The molecule has 1 saturated heterocycles. The average Bonchev–Trinajstić information content (AvgIpc) is 3.40. The third kappa shape index (κ3) is 4.00. The molecule has 1 amide bonds. The largest absolute Gasteiger partial charge is 0.497 e. The van der Waals surface area contributed by atoms with Gasteiger partial charge in [0.05, 0.1) is 18.8 Å². The molecule has 1 aromatic carbocycles. The second kappa shape index (κ2) is 8.12. The molecule has 1 aromatic heterocycles. The Balaban J connectivity index is 1.45. The van der Waals surface area contributed by atoms with E-state index in [1.165, 1.54) is 24.0 Å². The molecule has 2 aliphatic rings. The molecule has 0 bridgehead atoms. The smallest absolute Gasteiger partial charge is 0.226 e. The number of carbonyl (C=O) groups is 1. The number of hydrogen-bond acceptors (Lipinski definition) is 3. The van der Waals surface area contributed by atoms with Crippen molar-refractivity contribution >= 4 is 5.91 Å². The minimum Gasteiger partial charge on any atom is -0.497 e. The van der Waals surface area contributed by atoms with E-state index in [0.717, 1.165) is 50.1 Å². The highest BCUT2D eigenvalue weighted by atomic mass is 16.5. The van der Waals surface area contributed by atoms with E-state index in [1.807, 2.05) is 18.3 Å². The van der Waals surface area contributed by atoms with Gasteiger partial charge in [0.25, 0.3) is 0 Å². The number of hydrogen-bond donors (Lipinski definition) is 0. The molecule has 2 heterocycles. The number of pyridine rings is 1. The van der Waals surface area contributed by atoms with Gasteiger partial charge >= 0.3 is 0 Å². The summed E-state index contributed by atoms with van der Waals surface area (Å²) in [5, 5.41) is 0. The maximum atomic E-state index is 12.9. The van der Waals surface area contributed by atoms with Crippen LogP contribution in [0.5, 0.6) is 5.75 Å². The zero-order valence-electron chi connectivity index (χ0n) is 16.1. The molecule has 1 aliphatic heterocycles. The number of likely N-dealkylation sites (tertiary alicyclic amines) is 1. The molecule has 4 rings (SSSR count). The van der Waals surface area contributed by atoms with Gasteiger partial charge < -0.3 is 9.64 Å². The third-order valence-corrected chi connectivity index (χ3v) is 5.97. The number of methoxy groups -OCH3 is 1. The number of rotatable bonds is 5. The molecule has 0 radical (unpaired) electrons. The van der Waals surface area contributed by atoms with Crippen LogP contribution in [0.2, 0.25) is 0 Å². The van der Waals surface area contributed by atoms with Crippen LogP contribution in [0.15, 0.2) is 42.6 Å². The van der Waals surface area contributed by atoms with Gasteiger partial charge in [0.15, 0.2) is 0 Å². The van der Waals surface area contributed by atoms with Gasteiger partial charge in [0.1, 0.15) is 5.75 Å². The van der Waals surface area contributed by atoms with Gasteiger partial charge in [-0.2, -0.15) is 0 Å². The first-order valence-corrected chi connectivity index (χ1v) is 10.1. The topological polar surface area (TPSA) is 42.4 Å². The Labute approximate surface area is 161 Å². The summed E-state index contributed by atoms with van der Waals surface area (Å²) in [6, 6.07) is 12.6. The van der Waals surface area contributed by atoms with Crippen LogP contribution < -0.4 is 4.74 Å². The molecule has 1 atom stereocenters. The SMILES string of the molecule is COc1cccc(Cc2ccc([C@@H]3CCCN3C(=O)C3CCCC3)nc2)c1. The van der Waals surface area contributed by atoms with Crippen molar-refractivity contribution in [3.63, 3.8) is 0 Å². The van der Waals surface area contributed by atoms with Crippen LogP contribution >= 0.6 is 0 Å². The Morgan fingerprint density at radius 3 is 2.70 bits per heavy atom. The van der Waals surface area contributed by atoms with Gasteiger partial charge in [-0.1, -0.05) is 31.0 Å². The molecule has 1 saturated carbocycles. The highest BCUT2D eigenvalue weighted by Gasteiger charge is 2.35. The van der Waals surface area contributed by atoms with Crippen LogP contribution in [0.25, 0.3) is 0 Å². The van der Waals surface area contributed by atoms with Crippen molar-refractivity contribution in [2.75, 3.05) is 13.7 Å². The Kier molecular flexibility index (Phi) is 5.42. The number of carbonyl (C=O) groups excluding carboxylic acids is 1. The van der Waals surface area contributed by atoms with E-state index in [2.05, 4.69) is 29.2 Å². The minimum absolute atomic E-state index is 0.156. The van der Waals surface area contributed by atoms with E-state index in [9.17, 15) is 4.79 Å². The number of nitrogens with zero attached hydrogens (tertiary/aromatic N) is 2. The minimum atomic E-state index is 0.156. The summed E-state index contributed by atoms with van der Waals surface area (Å²) in [5.41, 5.74) is 3.43. The van der Waals surface area contributed by atoms with Gasteiger partial charge in [0.2, 0.25) is 5.91 Å². The lowest BCUT2D eigenvalue weighted by Gasteiger charge is -2.27. The van der Waals surface area contributed by atoms with Crippen LogP contribution in [-0.2, 0) is 11.2 Å². The van der Waals surface area contributed by atoms with E-state index in [4.69, 9.17) is 9.72 Å². The normalized spacial score (nSPS) is 20.2. The second-order valence-electron chi connectivity index (χ2n) is 7.79. The van der Waals surface area contributed by atoms with Crippen molar-refractivity contribution < 1.29 is 9.53 Å². The molecule has 0 N–H and O–H groups in total. The molecular formula is C23H28N2O2. The first-order chi connectivity index (χ1) is 13.2. The summed E-state index contributed by atoms with van der Waals surface area (Å²) in [6.07, 6.45) is 9.43. The first kappa shape index (κ1) is 18.0. The molecule has 4 heteroatoms. The molecular weight excluding hydrogens is 336 g/mol. The van der Waals surface area contributed by atoms with E-state index >= 15 is 0 Å². The summed E-state index contributed by atoms with van der Waals surface area (Å²) in [6.45, 7) is 0.882. The highest BCUT2D eigenvalue weighted by molar-refractivity contribution is 5.79. The van der Waals surface area contributed by atoms with Gasteiger partial charge in [-0.3, -0.25) is 9.78 Å². The van der Waals surface area contributed by atoms with Crippen LogP contribution in [0.1, 0.15) is 61.4 Å². The Hall–Kier alpha value is -2.36. The van der Waals surface area contributed by atoms with Gasteiger partial charge in [-0.05, 0) is 61.4 Å². The fraction of sp³-hybridized carbons (Fsp3) is 0.478. The van der Waals surface area contributed by atoms with Crippen molar-refractivity contribution in [3.8, 4) is 5.75 Å². The monoisotopic (exact) mass is 364 g/mol. The van der Waals surface area contributed by atoms with E-state index in [1.54, 1.807) is 7.11 Å². The van der Waals surface area contributed by atoms with Crippen molar-refractivity contribution in [2.45, 2.75) is 51.0 Å². The standard InChI is InChI=1S/C23H28N2O2/c1-27-20-9-4-6-17(15-20)14-18-11-12-21(24-16-18)22-10-5-13-25(22)23(26)19-7-2-3-8-19/h4,6,9,11-12,15-16,19,22H,2-3,5,7-8,10,13-14H2,1H3/t22-/m0/s1. The fourth-order valence-corrected chi connectivity index (χ4v) is 4.50. The molecule has 27 heavy (non-hydrogen) atoms. The summed E-state index contributed by atoms with van der Waals surface area (Å²) in [4.78, 5) is 19.7. The molecule has 0 spiro atoms. The summed E-state index contributed by atoms with van der Waals surface area (Å²) >= 11 is 0. The van der Waals surface area contributed by atoms with E-state index < -0.39 is 0 Å². The van der Waals surface area contributed by atoms with Crippen LogP contribution in [0, 0.1) is 5.92 Å². The molecule has 2 fully saturated rings. The Bertz CT molecular complexity index is 781. The number of benzene rings is 1. The summed E-state index contributed by atoms with van der Waals surface area (Å²) in [5.74, 6) is 1.49. The highest BCUT2D eigenvalue weighted by Crippen LogP contribution is 2.35. The van der Waals surface area contributed by atoms with Crippen LogP contribution in [0.4, 0.5) is 0 Å². The molecule has 4 nitrogen and oxygen atoms in total. The fourth-order valence-electron chi connectivity index (χ4n) is 4.50. The van der Waals surface area contributed by atoms with Crippen molar-refractivity contribution in [1.82, 2.24) is 9.88 Å². The maximum absolute atomic E-state index is 12.9. The Morgan fingerprint density at radius 1 is 1.11 bits per heavy atom. The zero-order chi connectivity index (χ0) is 18.6.